The fourth-order valence-corrected chi connectivity index (χ4v) is 3.94. The standard InChI is InChI=1S/2C12H10IO2/c2*1-14-8-15-12-7-10-5-3-2-4-9(10)6-11(12)13/h2*2-6H,8H2,1H3. The molecule has 0 aliphatic rings. The molecule has 0 aliphatic carbocycles. The fraction of sp³-hybridized carbons (Fsp3) is 0.167. The van der Waals surface area contributed by atoms with Crippen LogP contribution in [0.4, 0.5) is 0 Å². The highest BCUT2D eigenvalue weighted by Crippen LogP contribution is 2.27. The van der Waals surface area contributed by atoms with Crippen LogP contribution in [0.1, 0.15) is 0 Å². The van der Waals surface area contributed by atoms with Crippen molar-refractivity contribution in [2.45, 2.75) is 0 Å². The minimum atomic E-state index is 0.255. The maximum atomic E-state index is 5.41. The summed E-state index contributed by atoms with van der Waals surface area (Å²) < 4.78 is 22.6. The van der Waals surface area contributed by atoms with E-state index in [-0.39, 0.29) is 13.6 Å². The molecule has 4 aromatic carbocycles. The predicted molar refractivity (Wildman–Crippen MR) is 136 cm³/mol. The van der Waals surface area contributed by atoms with Gasteiger partial charge >= 0.3 is 0 Å². The Labute approximate surface area is 203 Å². The van der Waals surface area contributed by atoms with Gasteiger partial charge in [0, 0.05) is 26.4 Å². The van der Waals surface area contributed by atoms with Crippen LogP contribution in [-0.2, 0) is 9.47 Å². The van der Waals surface area contributed by atoms with Crippen LogP contribution in [0.3, 0.4) is 0 Å². The van der Waals surface area contributed by atoms with Crippen molar-refractivity contribution >= 4 is 66.7 Å². The first-order valence-corrected chi connectivity index (χ1v) is 11.2. The molecule has 30 heavy (non-hydrogen) atoms. The van der Waals surface area contributed by atoms with Crippen LogP contribution in [0.5, 0.6) is 11.5 Å². The van der Waals surface area contributed by atoms with Gasteiger partial charge in [0.2, 0.25) is 0 Å². The van der Waals surface area contributed by atoms with Crippen molar-refractivity contribution in [1.82, 2.24) is 0 Å². The first-order valence-electron chi connectivity index (χ1n) is 9.07. The molecule has 0 fully saturated rings. The molecule has 4 rings (SSSR count). The quantitative estimate of drug-likeness (QED) is 0.182. The summed E-state index contributed by atoms with van der Waals surface area (Å²) in [4.78, 5) is 0. The van der Waals surface area contributed by atoms with E-state index in [0.29, 0.717) is 0 Å². The second kappa shape index (κ2) is 11.7. The molecule has 4 aromatic rings. The van der Waals surface area contributed by atoms with Gasteiger partial charge in [-0.25, -0.2) is 0 Å². The van der Waals surface area contributed by atoms with E-state index >= 15 is 0 Å². The van der Waals surface area contributed by atoms with Crippen LogP contribution >= 0.6 is 45.2 Å². The van der Waals surface area contributed by atoms with Gasteiger partial charge < -0.3 is 18.9 Å². The molecule has 154 valence electrons. The number of rotatable bonds is 6. The van der Waals surface area contributed by atoms with Gasteiger partial charge in [-0.05, 0) is 78.9 Å². The van der Waals surface area contributed by atoms with Gasteiger partial charge in [0.25, 0.3) is 0 Å². The van der Waals surface area contributed by atoms with E-state index in [1.54, 1.807) is 14.2 Å². The molecular formula is C24H20I2O4. The number of fused-ring (bicyclic) bond motifs is 2. The Kier molecular flexibility index (Phi) is 8.98. The Morgan fingerprint density at radius 2 is 1.07 bits per heavy atom. The SMILES string of the molecule is COCOc1[c]c2ccccc2cc1I.COCOc1[c]c2ccccc2cc1I. The van der Waals surface area contributed by atoms with Crippen molar-refractivity contribution < 1.29 is 18.9 Å². The van der Waals surface area contributed by atoms with E-state index in [4.69, 9.17) is 18.9 Å². The molecule has 0 bridgehead atoms. The Balaban J connectivity index is 0.000000171. The third kappa shape index (κ3) is 6.19. The molecule has 4 nitrogen and oxygen atoms in total. The van der Waals surface area contributed by atoms with Gasteiger partial charge in [0.15, 0.2) is 13.6 Å². The average Bonchev–Trinajstić information content (AvgIpc) is 2.76. The van der Waals surface area contributed by atoms with Crippen LogP contribution in [-0.4, -0.2) is 27.8 Å². The molecule has 0 saturated carbocycles. The van der Waals surface area contributed by atoms with E-state index < -0.39 is 0 Å². The molecule has 2 radical (unpaired) electrons. The van der Waals surface area contributed by atoms with E-state index in [9.17, 15) is 0 Å². The largest absolute Gasteiger partial charge is 0.466 e. The zero-order valence-electron chi connectivity index (χ0n) is 16.6. The third-order valence-corrected chi connectivity index (χ3v) is 5.66. The van der Waals surface area contributed by atoms with Crippen molar-refractivity contribution in [1.29, 1.82) is 0 Å². The molecule has 6 heteroatoms. The Morgan fingerprint density at radius 3 is 1.47 bits per heavy atom. The topological polar surface area (TPSA) is 36.9 Å². The van der Waals surface area contributed by atoms with E-state index in [0.717, 1.165) is 29.4 Å². The van der Waals surface area contributed by atoms with Gasteiger partial charge in [-0.3, -0.25) is 0 Å². The summed E-state index contributed by atoms with van der Waals surface area (Å²) >= 11 is 4.47. The monoisotopic (exact) mass is 626 g/mol. The number of ether oxygens (including phenoxy) is 4. The highest BCUT2D eigenvalue weighted by atomic mass is 127. The van der Waals surface area contributed by atoms with Crippen molar-refractivity contribution in [3.05, 3.63) is 79.9 Å². The molecule has 0 aliphatic heterocycles. The Bertz CT molecular complexity index is 1030. The Morgan fingerprint density at radius 1 is 0.667 bits per heavy atom. The van der Waals surface area contributed by atoms with Crippen LogP contribution in [0.25, 0.3) is 21.5 Å². The lowest BCUT2D eigenvalue weighted by Crippen LogP contribution is -2.00. The van der Waals surface area contributed by atoms with Gasteiger partial charge in [-0.15, -0.1) is 0 Å². The second-order valence-electron chi connectivity index (χ2n) is 6.17. The second-order valence-corrected chi connectivity index (χ2v) is 8.49. The van der Waals surface area contributed by atoms with E-state index in [2.05, 4.69) is 81.6 Å². The summed E-state index contributed by atoms with van der Waals surface area (Å²) in [6, 6.07) is 26.8. The Hall–Kier alpha value is -1.62. The molecule has 0 aromatic heterocycles. The van der Waals surface area contributed by atoms with Crippen LogP contribution in [0.15, 0.2) is 60.7 Å². The summed E-state index contributed by atoms with van der Waals surface area (Å²) in [5.41, 5.74) is 0. The summed E-state index contributed by atoms with van der Waals surface area (Å²) in [5.74, 6) is 1.49. The highest BCUT2D eigenvalue weighted by molar-refractivity contribution is 14.1. The van der Waals surface area contributed by atoms with Crippen molar-refractivity contribution in [3.8, 4) is 11.5 Å². The maximum Gasteiger partial charge on any atom is 0.188 e. The number of halogens is 2. The molecule has 0 heterocycles. The van der Waals surface area contributed by atoms with Crippen molar-refractivity contribution in [3.63, 3.8) is 0 Å². The van der Waals surface area contributed by atoms with Gasteiger partial charge in [0.05, 0.1) is 7.14 Å². The molecule has 0 unspecified atom stereocenters. The minimum absolute atomic E-state index is 0.255. The zero-order valence-corrected chi connectivity index (χ0v) is 20.9. The zero-order chi connectivity index (χ0) is 21.3. The fourth-order valence-electron chi connectivity index (χ4n) is 2.69. The van der Waals surface area contributed by atoms with E-state index in [1.807, 2.05) is 36.4 Å². The lowest BCUT2D eigenvalue weighted by atomic mass is 10.1. The summed E-state index contributed by atoms with van der Waals surface area (Å²) in [6.07, 6.45) is 0. The highest BCUT2D eigenvalue weighted by Gasteiger charge is 2.04. The summed E-state index contributed by atoms with van der Waals surface area (Å²) in [5, 5.41) is 4.46. The average molecular weight is 626 g/mol. The third-order valence-electron chi connectivity index (χ3n) is 4.06. The van der Waals surface area contributed by atoms with Crippen molar-refractivity contribution in [2.75, 3.05) is 27.8 Å². The molecule has 0 spiro atoms. The summed E-state index contributed by atoms with van der Waals surface area (Å²) in [7, 11) is 3.21. The molecule has 0 saturated heterocycles. The number of benzene rings is 4. The predicted octanol–water partition coefficient (Wildman–Crippen LogP) is 6.45. The number of hydrogen-bond acceptors (Lipinski definition) is 4. The first-order chi connectivity index (χ1) is 14.6. The van der Waals surface area contributed by atoms with Gasteiger partial charge in [-0.2, -0.15) is 0 Å². The molecule has 0 atom stereocenters. The minimum Gasteiger partial charge on any atom is -0.466 e. The molecule has 0 N–H and O–H groups in total. The normalized spacial score (nSPS) is 10.5. The first kappa shape index (κ1) is 23.1. The molecule has 0 amide bonds. The number of hydrogen-bond donors (Lipinski definition) is 0. The smallest absolute Gasteiger partial charge is 0.188 e. The van der Waals surface area contributed by atoms with Gasteiger partial charge in [-0.1, -0.05) is 48.5 Å². The lowest BCUT2D eigenvalue weighted by Gasteiger charge is -2.07. The lowest BCUT2D eigenvalue weighted by molar-refractivity contribution is 0.0502. The van der Waals surface area contributed by atoms with Crippen LogP contribution < -0.4 is 9.47 Å². The maximum absolute atomic E-state index is 5.41. The van der Waals surface area contributed by atoms with E-state index in [1.165, 1.54) is 10.8 Å². The number of methoxy groups -OCH3 is 2. The molecular weight excluding hydrogens is 606 g/mol. The van der Waals surface area contributed by atoms with Crippen LogP contribution in [0, 0.1) is 19.3 Å². The van der Waals surface area contributed by atoms with Crippen molar-refractivity contribution in [2.24, 2.45) is 0 Å². The van der Waals surface area contributed by atoms with Crippen LogP contribution in [0.2, 0.25) is 0 Å². The van der Waals surface area contributed by atoms with Gasteiger partial charge in [0.1, 0.15) is 11.5 Å². The summed E-state index contributed by atoms with van der Waals surface area (Å²) in [6.45, 7) is 0.510.